The highest BCUT2D eigenvalue weighted by molar-refractivity contribution is 7.15. The Morgan fingerprint density at radius 2 is 1.82 bits per heavy atom. The van der Waals surface area contributed by atoms with E-state index in [-0.39, 0.29) is 0 Å². The molecule has 1 heterocycles. The number of aryl methyl sites for hydroxylation is 2. The maximum absolute atomic E-state index is 5.75. The number of anilines is 1. The van der Waals surface area contributed by atoms with Gasteiger partial charge in [0.05, 0.1) is 5.69 Å². The molecule has 17 heavy (non-hydrogen) atoms. The number of aromatic nitrogens is 1. The van der Waals surface area contributed by atoms with Crippen LogP contribution in [0.1, 0.15) is 21.7 Å². The number of benzene rings is 1. The number of alkyl halides is 1. The summed E-state index contributed by atoms with van der Waals surface area (Å²) >= 11 is 7.45. The molecule has 1 aromatic heterocycles. The fraction of sp³-hybridized carbons (Fsp3) is 0.308. The Labute approximate surface area is 111 Å². The van der Waals surface area contributed by atoms with E-state index in [1.807, 2.05) is 6.92 Å². The lowest BCUT2D eigenvalue weighted by atomic mass is 10.1. The number of rotatable bonds is 4. The molecule has 90 valence electrons. The van der Waals surface area contributed by atoms with Crippen molar-refractivity contribution in [1.82, 2.24) is 4.98 Å². The second-order valence-electron chi connectivity index (χ2n) is 3.96. The molecule has 0 amide bonds. The summed E-state index contributed by atoms with van der Waals surface area (Å²) in [6.45, 7) is 4.93. The Hall–Kier alpha value is -1.06. The number of halogens is 1. The van der Waals surface area contributed by atoms with Gasteiger partial charge in [0.15, 0.2) is 5.13 Å². The summed E-state index contributed by atoms with van der Waals surface area (Å²) in [5.74, 6) is 0.568. The molecule has 0 aliphatic rings. The normalized spacial score (nSPS) is 10.5. The fourth-order valence-corrected chi connectivity index (χ4v) is 2.46. The van der Waals surface area contributed by atoms with Gasteiger partial charge >= 0.3 is 0 Å². The minimum Gasteiger partial charge on any atom is -0.357 e. The Kier molecular flexibility index (Phi) is 4.02. The molecule has 0 spiro atoms. The van der Waals surface area contributed by atoms with E-state index >= 15 is 0 Å². The van der Waals surface area contributed by atoms with Gasteiger partial charge in [-0.2, -0.15) is 0 Å². The van der Waals surface area contributed by atoms with Crippen LogP contribution in [0.2, 0.25) is 0 Å². The summed E-state index contributed by atoms with van der Waals surface area (Å²) in [4.78, 5) is 5.71. The molecule has 0 saturated carbocycles. The van der Waals surface area contributed by atoms with Crippen LogP contribution in [0.3, 0.4) is 0 Å². The van der Waals surface area contributed by atoms with Crippen LogP contribution in [-0.2, 0) is 12.4 Å². The fourth-order valence-electron chi connectivity index (χ4n) is 1.47. The Morgan fingerprint density at radius 3 is 2.35 bits per heavy atom. The molecule has 2 rings (SSSR count). The lowest BCUT2D eigenvalue weighted by Gasteiger charge is -2.03. The van der Waals surface area contributed by atoms with Crippen LogP contribution in [0.25, 0.3) is 0 Å². The molecule has 0 fully saturated rings. The van der Waals surface area contributed by atoms with E-state index in [2.05, 4.69) is 41.5 Å². The van der Waals surface area contributed by atoms with Gasteiger partial charge in [-0.1, -0.05) is 24.3 Å². The minimum atomic E-state index is 0.568. The highest BCUT2D eigenvalue weighted by Crippen LogP contribution is 2.21. The van der Waals surface area contributed by atoms with Crippen LogP contribution < -0.4 is 5.32 Å². The van der Waals surface area contributed by atoms with E-state index in [0.717, 1.165) is 22.9 Å². The first-order valence-electron chi connectivity index (χ1n) is 5.50. The second-order valence-corrected chi connectivity index (χ2v) is 5.43. The van der Waals surface area contributed by atoms with Crippen molar-refractivity contribution >= 4 is 28.1 Å². The van der Waals surface area contributed by atoms with Gasteiger partial charge in [-0.3, -0.25) is 0 Å². The highest BCUT2D eigenvalue weighted by Gasteiger charge is 2.02. The van der Waals surface area contributed by atoms with Crippen molar-refractivity contribution in [2.75, 3.05) is 5.32 Å². The first-order valence-corrected chi connectivity index (χ1v) is 6.86. The molecule has 2 aromatic rings. The smallest absolute Gasteiger partial charge is 0.183 e. The monoisotopic (exact) mass is 266 g/mol. The molecule has 0 unspecified atom stereocenters. The number of nitrogens with zero attached hydrogens (tertiary/aromatic N) is 1. The molecule has 4 heteroatoms. The van der Waals surface area contributed by atoms with Crippen LogP contribution in [0.5, 0.6) is 0 Å². The molecule has 0 atom stereocenters. The lowest BCUT2D eigenvalue weighted by Crippen LogP contribution is -1.98. The van der Waals surface area contributed by atoms with Gasteiger partial charge in [-0.25, -0.2) is 4.98 Å². The van der Waals surface area contributed by atoms with Gasteiger partial charge in [0, 0.05) is 17.3 Å². The summed E-state index contributed by atoms with van der Waals surface area (Å²) in [6, 6.07) is 8.31. The zero-order valence-corrected chi connectivity index (χ0v) is 11.5. The zero-order chi connectivity index (χ0) is 12.3. The molecule has 0 aliphatic heterocycles. The Balaban J connectivity index is 1.97. The number of nitrogens with one attached hydrogen (secondary N) is 1. The highest BCUT2D eigenvalue weighted by atomic mass is 35.5. The molecule has 0 radical (unpaired) electrons. The average Bonchev–Trinajstić information content (AvgIpc) is 2.67. The van der Waals surface area contributed by atoms with Crippen molar-refractivity contribution in [3.05, 3.63) is 46.0 Å². The molecule has 2 nitrogen and oxygen atoms in total. The number of hydrogen-bond donors (Lipinski definition) is 1. The van der Waals surface area contributed by atoms with Gasteiger partial charge in [-0.05, 0) is 25.0 Å². The van der Waals surface area contributed by atoms with E-state index in [1.54, 1.807) is 11.3 Å². The van der Waals surface area contributed by atoms with Crippen molar-refractivity contribution in [1.29, 1.82) is 0 Å². The summed E-state index contributed by atoms with van der Waals surface area (Å²) in [5.41, 5.74) is 3.50. The van der Waals surface area contributed by atoms with Crippen LogP contribution in [0.4, 0.5) is 5.13 Å². The Bertz CT molecular complexity index is 471. The van der Waals surface area contributed by atoms with Gasteiger partial charge in [0.2, 0.25) is 0 Å². The van der Waals surface area contributed by atoms with Crippen LogP contribution in [-0.4, -0.2) is 4.98 Å². The summed E-state index contributed by atoms with van der Waals surface area (Å²) in [6.07, 6.45) is 0. The van der Waals surface area contributed by atoms with Crippen LogP contribution in [0.15, 0.2) is 24.3 Å². The quantitative estimate of drug-likeness (QED) is 0.843. The topological polar surface area (TPSA) is 24.9 Å². The van der Waals surface area contributed by atoms with E-state index in [4.69, 9.17) is 11.6 Å². The number of thiazole rings is 1. The maximum atomic E-state index is 5.75. The molecule has 1 aromatic carbocycles. The van der Waals surface area contributed by atoms with E-state index < -0.39 is 0 Å². The molecular weight excluding hydrogens is 252 g/mol. The second kappa shape index (κ2) is 5.52. The first-order chi connectivity index (χ1) is 8.19. The van der Waals surface area contributed by atoms with Crippen molar-refractivity contribution in [2.24, 2.45) is 0 Å². The predicted octanol–water partition coefficient (Wildman–Crippen LogP) is 4.11. The predicted molar refractivity (Wildman–Crippen MR) is 74.9 cm³/mol. The lowest BCUT2D eigenvalue weighted by molar-refractivity contribution is 1.11. The molecule has 1 N–H and O–H groups in total. The van der Waals surface area contributed by atoms with E-state index in [9.17, 15) is 0 Å². The molecule has 0 saturated heterocycles. The largest absolute Gasteiger partial charge is 0.357 e. The van der Waals surface area contributed by atoms with Gasteiger partial charge < -0.3 is 5.32 Å². The average molecular weight is 267 g/mol. The maximum Gasteiger partial charge on any atom is 0.183 e. The van der Waals surface area contributed by atoms with Crippen molar-refractivity contribution < 1.29 is 0 Å². The molecular formula is C13H15ClN2S. The van der Waals surface area contributed by atoms with Crippen molar-refractivity contribution in [3.63, 3.8) is 0 Å². The third kappa shape index (κ3) is 3.20. The minimum absolute atomic E-state index is 0.568. The van der Waals surface area contributed by atoms with Crippen LogP contribution >= 0.6 is 22.9 Å². The third-order valence-corrected chi connectivity index (χ3v) is 3.99. The van der Waals surface area contributed by atoms with E-state index in [0.29, 0.717) is 5.88 Å². The van der Waals surface area contributed by atoms with Gasteiger partial charge in [0.1, 0.15) is 0 Å². The summed E-state index contributed by atoms with van der Waals surface area (Å²) in [7, 11) is 0. The zero-order valence-electron chi connectivity index (χ0n) is 9.96. The van der Waals surface area contributed by atoms with Gasteiger partial charge in [-0.15, -0.1) is 22.9 Å². The molecule has 0 bridgehead atoms. The SMILES string of the molecule is Cc1nc(NCc2ccc(CCl)cc2)sc1C. The summed E-state index contributed by atoms with van der Waals surface area (Å²) in [5, 5.41) is 4.32. The van der Waals surface area contributed by atoms with E-state index in [1.165, 1.54) is 10.4 Å². The number of hydrogen-bond acceptors (Lipinski definition) is 3. The van der Waals surface area contributed by atoms with Crippen molar-refractivity contribution in [3.8, 4) is 0 Å². The van der Waals surface area contributed by atoms with Crippen molar-refractivity contribution in [2.45, 2.75) is 26.3 Å². The molecule has 0 aliphatic carbocycles. The first kappa shape index (κ1) is 12.4. The van der Waals surface area contributed by atoms with Crippen LogP contribution in [0, 0.1) is 13.8 Å². The Morgan fingerprint density at radius 1 is 1.18 bits per heavy atom. The standard InChI is InChI=1S/C13H15ClN2S/c1-9-10(2)17-13(16-9)15-8-12-5-3-11(7-14)4-6-12/h3-6H,7-8H2,1-2H3,(H,15,16). The third-order valence-electron chi connectivity index (χ3n) is 2.65. The summed E-state index contributed by atoms with van der Waals surface area (Å²) < 4.78 is 0. The van der Waals surface area contributed by atoms with Gasteiger partial charge in [0.25, 0.3) is 0 Å².